The maximum Gasteiger partial charge on any atom is 0.138 e. The Labute approximate surface area is 199 Å². The third-order valence-corrected chi connectivity index (χ3v) is 9.59. The maximum atomic E-state index is 11.9. The third-order valence-electron chi connectivity index (χ3n) is 9.59. The normalized spacial score (nSPS) is 40.2. The first-order valence-corrected chi connectivity index (χ1v) is 12.9. The van der Waals surface area contributed by atoms with Crippen molar-refractivity contribution in [1.82, 2.24) is 0 Å². The molecule has 0 saturated heterocycles. The molecule has 0 unspecified atom stereocenters. The zero-order valence-corrected chi connectivity index (χ0v) is 20.6. The number of hydrogen-bond donors (Lipinski definition) is 3. The highest BCUT2D eigenvalue weighted by atomic mass is 16.3. The van der Waals surface area contributed by atoms with Gasteiger partial charge in [0, 0.05) is 6.42 Å². The fourth-order valence-corrected chi connectivity index (χ4v) is 7.20. The lowest BCUT2D eigenvalue weighted by atomic mass is 9.61. The second-order valence-electron chi connectivity index (χ2n) is 11.6. The van der Waals surface area contributed by atoms with Crippen molar-refractivity contribution < 1.29 is 20.1 Å². The highest BCUT2D eigenvalue weighted by Gasteiger charge is 2.53. The first kappa shape index (κ1) is 24.6. The van der Waals surface area contributed by atoms with Crippen molar-refractivity contribution in [3.8, 4) is 0 Å². The van der Waals surface area contributed by atoms with E-state index in [9.17, 15) is 20.1 Å². The molecule has 33 heavy (non-hydrogen) atoms. The lowest BCUT2D eigenvalue weighted by Crippen LogP contribution is -2.35. The Hall–Kier alpha value is -1.49. The number of rotatable bonds is 6. The van der Waals surface area contributed by atoms with E-state index < -0.39 is 23.7 Å². The van der Waals surface area contributed by atoms with E-state index in [2.05, 4.69) is 38.7 Å². The number of aliphatic hydroxyl groups is 3. The van der Waals surface area contributed by atoms with E-state index in [1.807, 2.05) is 6.08 Å². The van der Waals surface area contributed by atoms with Crippen molar-refractivity contribution in [2.45, 2.75) is 96.9 Å². The number of carbonyl (C=O) groups excluding carboxylic acids is 1. The van der Waals surface area contributed by atoms with E-state index in [4.69, 9.17) is 0 Å². The summed E-state index contributed by atoms with van der Waals surface area (Å²) in [4.78, 5) is 11.9. The van der Waals surface area contributed by atoms with Gasteiger partial charge in [-0.1, -0.05) is 50.3 Å². The van der Waals surface area contributed by atoms with Gasteiger partial charge >= 0.3 is 0 Å². The Morgan fingerprint density at radius 2 is 1.88 bits per heavy atom. The fraction of sp³-hybridized carbons (Fsp3) is 0.690. The van der Waals surface area contributed by atoms with Gasteiger partial charge in [0.25, 0.3) is 0 Å². The van der Waals surface area contributed by atoms with Crippen LogP contribution in [0.4, 0.5) is 0 Å². The number of carbonyl (C=O) groups is 1. The number of Topliss-reactive ketones (excluding diaryl/α,β-unsaturated/α-hetero) is 1. The summed E-state index contributed by atoms with van der Waals surface area (Å²) in [7, 11) is 0. The quantitative estimate of drug-likeness (QED) is 0.491. The summed E-state index contributed by atoms with van der Waals surface area (Å²) in [6.07, 6.45) is 15.0. The summed E-state index contributed by atoms with van der Waals surface area (Å²) in [5.74, 6) is 1.58. The molecule has 182 valence electrons. The monoisotopic (exact) mass is 454 g/mol. The Balaban J connectivity index is 1.48. The van der Waals surface area contributed by atoms with Gasteiger partial charge in [-0.25, -0.2) is 0 Å². The zero-order valence-electron chi connectivity index (χ0n) is 20.6. The van der Waals surface area contributed by atoms with Crippen molar-refractivity contribution in [3.63, 3.8) is 0 Å². The molecular formula is C29H42O4. The predicted molar refractivity (Wildman–Crippen MR) is 131 cm³/mol. The molecule has 0 aromatic carbocycles. The van der Waals surface area contributed by atoms with E-state index >= 15 is 0 Å². The Morgan fingerprint density at radius 3 is 2.55 bits per heavy atom. The van der Waals surface area contributed by atoms with Crippen molar-refractivity contribution in [1.29, 1.82) is 0 Å². The Bertz CT molecular complexity index is 876. The largest absolute Gasteiger partial charge is 0.393 e. The van der Waals surface area contributed by atoms with Crippen LogP contribution in [0.3, 0.4) is 0 Å². The topological polar surface area (TPSA) is 77.8 Å². The standard InChI is InChI=1S/C29H42O4/c1-18(7-12-27(33)29(14-15-29)20(3)30)24-10-11-25-21(6-5-13-28(24,25)4)8-9-22-16-23(31)17-26(32)19(22)2/h7-9,12,18,23-27,31-33H,2,5-6,10-11,13-17H2,1,3-4H3/t18-,23-,24-,25+,26+,27+,28-/m1/s1. The van der Waals surface area contributed by atoms with Crippen LogP contribution in [0.1, 0.15) is 78.6 Å². The van der Waals surface area contributed by atoms with E-state index in [0.29, 0.717) is 30.6 Å². The summed E-state index contributed by atoms with van der Waals surface area (Å²) in [5.41, 5.74) is 2.93. The van der Waals surface area contributed by atoms with Crippen LogP contribution in [0.2, 0.25) is 0 Å². The van der Waals surface area contributed by atoms with Crippen LogP contribution in [0, 0.1) is 28.6 Å². The van der Waals surface area contributed by atoms with Crippen molar-refractivity contribution >= 4 is 5.78 Å². The second kappa shape index (κ2) is 9.28. The second-order valence-corrected chi connectivity index (χ2v) is 11.6. The van der Waals surface area contributed by atoms with E-state index in [1.165, 1.54) is 31.3 Å². The smallest absolute Gasteiger partial charge is 0.138 e. The summed E-state index contributed by atoms with van der Waals surface area (Å²) >= 11 is 0. The molecule has 7 atom stereocenters. The molecule has 0 aromatic heterocycles. The average molecular weight is 455 g/mol. The lowest BCUT2D eigenvalue weighted by Gasteiger charge is -2.44. The summed E-state index contributed by atoms with van der Waals surface area (Å²) in [6, 6.07) is 0. The number of ketones is 1. The van der Waals surface area contributed by atoms with Crippen LogP contribution in [-0.2, 0) is 4.79 Å². The van der Waals surface area contributed by atoms with E-state index in [1.54, 1.807) is 6.92 Å². The Morgan fingerprint density at radius 1 is 1.15 bits per heavy atom. The molecule has 0 spiro atoms. The van der Waals surface area contributed by atoms with Crippen LogP contribution in [0.15, 0.2) is 47.6 Å². The zero-order chi connectivity index (χ0) is 24.0. The van der Waals surface area contributed by atoms with Crippen LogP contribution in [0.5, 0.6) is 0 Å². The number of allylic oxidation sites excluding steroid dienone is 4. The summed E-state index contributed by atoms with van der Waals surface area (Å²) < 4.78 is 0. The molecule has 4 saturated carbocycles. The summed E-state index contributed by atoms with van der Waals surface area (Å²) in [6.45, 7) is 10.4. The molecule has 0 amide bonds. The van der Waals surface area contributed by atoms with Gasteiger partial charge in [-0.15, -0.1) is 0 Å². The predicted octanol–water partition coefficient (Wildman–Crippen LogP) is 5.05. The van der Waals surface area contributed by atoms with Gasteiger partial charge in [0.15, 0.2) is 0 Å². The Kier molecular flexibility index (Phi) is 6.93. The van der Waals surface area contributed by atoms with Gasteiger partial charge in [-0.05, 0) is 92.6 Å². The summed E-state index contributed by atoms with van der Waals surface area (Å²) in [5, 5.41) is 30.8. The van der Waals surface area contributed by atoms with Gasteiger partial charge in [-0.2, -0.15) is 0 Å². The molecule has 4 nitrogen and oxygen atoms in total. The molecule has 3 N–H and O–H groups in total. The molecule has 0 aromatic rings. The molecule has 4 aliphatic rings. The van der Waals surface area contributed by atoms with Crippen LogP contribution < -0.4 is 0 Å². The minimum atomic E-state index is -0.662. The fourth-order valence-electron chi connectivity index (χ4n) is 7.20. The van der Waals surface area contributed by atoms with Gasteiger partial charge in [0.05, 0.1) is 23.7 Å². The van der Waals surface area contributed by atoms with Gasteiger partial charge < -0.3 is 15.3 Å². The third kappa shape index (κ3) is 4.59. The number of aliphatic hydroxyl groups excluding tert-OH is 3. The lowest BCUT2D eigenvalue weighted by molar-refractivity contribution is -0.124. The molecule has 0 bridgehead atoms. The number of hydrogen-bond acceptors (Lipinski definition) is 4. The molecule has 4 aliphatic carbocycles. The van der Waals surface area contributed by atoms with E-state index in [-0.39, 0.29) is 11.2 Å². The molecule has 4 fully saturated rings. The van der Waals surface area contributed by atoms with Gasteiger partial charge in [-0.3, -0.25) is 4.79 Å². The maximum absolute atomic E-state index is 11.9. The molecular weight excluding hydrogens is 412 g/mol. The molecule has 4 rings (SSSR count). The minimum absolute atomic E-state index is 0.108. The molecule has 0 aliphatic heterocycles. The first-order chi connectivity index (χ1) is 15.6. The highest BCUT2D eigenvalue weighted by Crippen LogP contribution is 2.59. The first-order valence-electron chi connectivity index (χ1n) is 12.9. The molecule has 0 heterocycles. The van der Waals surface area contributed by atoms with Crippen LogP contribution in [0.25, 0.3) is 0 Å². The average Bonchev–Trinajstić information content (AvgIpc) is 3.50. The SMILES string of the molecule is C=C1C(=CC=C2CCC[C@]3(C)[C@@H]([C@H](C)C=C[C@H](O)C4(C(C)=O)CC4)CC[C@@H]23)C[C@@H](O)C[C@@H]1O. The van der Waals surface area contributed by atoms with Crippen molar-refractivity contribution in [2.75, 3.05) is 0 Å². The molecule has 0 radical (unpaired) electrons. The van der Waals surface area contributed by atoms with E-state index in [0.717, 1.165) is 30.4 Å². The van der Waals surface area contributed by atoms with Crippen molar-refractivity contribution in [2.24, 2.45) is 28.6 Å². The molecule has 4 heteroatoms. The highest BCUT2D eigenvalue weighted by molar-refractivity contribution is 5.86. The van der Waals surface area contributed by atoms with Gasteiger partial charge in [0.1, 0.15) is 5.78 Å². The number of fused-ring (bicyclic) bond motifs is 1. The van der Waals surface area contributed by atoms with Crippen molar-refractivity contribution in [3.05, 3.63) is 47.6 Å². The minimum Gasteiger partial charge on any atom is -0.393 e. The van der Waals surface area contributed by atoms with Crippen LogP contribution >= 0.6 is 0 Å². The van der Waals surface area contributed by atoms with Crippen LogP contribution in [-0.4, -0.2) is 39.4 Å². The van der Waals surface area contributed by atoms with Gasteiger partial charge in [0.2, 0.25) is 0 Å².